The summed E-state index contributed by atoms with van der Waals surface area (Å²) in [6, 6.07) is 0. The molecule has 0 saturated heterocycles. The Labute approximate surface area is 131 Å². The predicted molar refractivity (Wildman–Crippen MR) is 89.2 cm³/mol. The Morgan fingerprint density at radius 2 is 1.62 bits per heavy atom. The molecule has 21 heavy (non-hydrogen) atoms. The zero-order valence-corrected chi connectivity index (χ0v) is 14.2. The van der Waals surface area contributed by atoms with Gasteiger partial charge in [0.15, 0.2) is 0 Å². The van der Waals surface area contributed by atoms with Gasteiger partial charge in [0.05, 0.1) is 6.61 Å². The van der Waals surface area contributed by atoms with E-state index in [1.807, 2.05) is 0 Å². The first-order valence-corrected chi connectivity index (χ1v) is 8.87. The quantitative estimate of drug-likeness (QED) is 0.466. The first-order chi connectivity index (χ1) is 10.1. The van der Waals surface area contributed by atoms with Crippen LogP contribution in [0.1, 0.15) is 84.5 Å². The van der Waals surface area contributed by atoms with Crippen molar-refractivity contribution in [2.24, 2.45) is 11.3 Å². The summed E-state index contributed by atoms with van der Waals surface area (Å²) >= 11 is 0. The highest BCUT2D eigenvalue weighted by atomic mass is 16.5. The molecule has 1 fully saturated rings. The highest BCUT2D eigenvalue weighted by molar-refractivity contribution is 5.81. The molecule has 0 unspecified atom stereocenters. The SMILES string of the molecule is C=CC(=O)OCC1(CCC(C)C)CCCCCCCCC1. The number of rotatable bonds is 6. The summed E-state index contributed by atoms with van der Waals surface area (Å²) in [6.45, 7) is 8.66. The molecular weight excluding hydrogens is 260 g/mol. The van der Waals surface area contributed by atoms with Gasteiger partial charge >= 0.3 is 5.97 Å². The third kappa shape index (κ3) is 7.68. The van der Waals surface area contributed by atoms with E-state index in [0.29, 0.717) is 12.5 Å². The highest BCUT2D eigenvalue weighted by Crippen LogP contribution is 2.39. The summed E-state index contributed by atoms with van der Waals surface area (Å²) in [4.78, 5) is 11.5. The molecule has 1 saturated carbocycles. The van der Waals surface area contributed by atoms with Gasteiger partial charge in [0.2, 0.25) is 0 Å². The molecule has 2 nitrogen and oxygen atoms in total. The Kier molecular flexibility index (Phi) is 8.72. The number of ether oxygens (including phenoxy) is 1. The monoisotopic (exact) mass is 294 g/mol. The molecule has 0 aliphatic heterocycles. The van der Waals surface area contributed by atoms with Crippen LogP contribution in [0.15, 0.2) is 12.7 Å². The van der Waals surface area contributed by atoms with E-state index in [2.05, 4.69) is 20.4 Å². The van der Waals surface area contributed by atoms with Crippen LogP contribution in [0.5, 0.6) is 0 Å². The summed E-state index contributed by atoms with van der Waals surface area (Å²) in [7, 11) is 0. The molecule has 2 heteroatoms. The van der Waals surface area contributed by atoms with Crippen molar-refractivity contribution < 1.29 is 9.53 Å². The Bertz CT molecular complexity index is 297. The van der Waals surface area contributed by atoms with Crippen LogP contribution in [0.4, 0.5) is 0 Å². The van der Waals surface area contributed by atoms with Crippen LogP contribution in [0.25, 0.3) is 0 Å². The fourth-order valence-corrected chi connectivity index (χ4v) is 3.35. The number of carbonyl (C=O) groups is 1. The molecule has 0 amide bonds. The molecule has 0 bridgehead atoms. The molecule has 1 rings (SSSR count). The first kappa shape index (κ1) is 18.3. The molecular formula is C19H34O2. The lowest BCUT2D eigenvalue weighted by molar-refractivity contribution is -0.142. The van der Waals surface area contributed by atoms with E-state index >= 15 is 0 Å². The van der Waals surface area contributed by atoms with Crippen LogP contribution >= 0.6 is 0 Å². The van der Waals surface area contributed by atoms with E-state index in [1.54, 1.807) is 0 Å². The van der Waals surface area contributed by atoms with Gasteiger partial charge in [-0.1, -0.05) is 71.8 Å². The molecule has 1 aliphatic carbocycles. The van der Waals surface area contributed by atoms with Crippen LogP contribution in [0.2, 0.25) is 0 Å². The fraction of sp³-hybridized carbons (Fsp3) is 0.842. The van der Waals surface area contributed by atoms with Gasteiger partial charge in [-0.3, -0.25) is 0 Å². The average molecular weight is 294 g/mol. The molecule has 0 atom stereocenters. The van der Waals surface area contributed by atoms with Gasteiger partial charge in [0.25, 0.3) is 0 Å². The summed E-state index contributed by atoms with van der Waals surface area (Å²) in [5.74, 6) is 0.448. The number of hydrogen-bond donors (Lipinski definition) is 0. The van der Waals surface area contributed by atoms with Crippen molar-refractivity contribution in [2.75, 3.05) is 6.61 Å². The van der Waals surface area contributed by atoms with Crippen molar-refractivity contribution >= 4 is 5.97 Å². The van der Waals surface area contributed by atoms with E-state index < -0.39 is 0 Å². The minimum atomic E-state index is -0.268. The first-order valence-electron chi connectivity index (χ1n) is 8.87. The molecule has 122 valence electrons. The topological polar surface area (TPSA) is 26.3 Å². The zero-order valence-electron chi connectivity index (χ0n) is 14.2. The average Bonchev–Trinajstić information content (AvgIpc) is 2.49. The third-order valence-corrected chi connectivity index (χ3v) is 4.85. The van der Waals surface area contributed by atoms with Gasteiger partial charge in [-0.25, -0.2) is 4.79 Å². The van der Waals surface area contributed by atoms with Crippen molar-refractivity contribution in [1.29, 1.82) is 0 Å². The molecule has 0 radical (unpaired) electrons. The Hall–Kier alpha value is -0.790. The molecule has 0 heterocycles. The fourth-order valence-electron chi connectivity index (χ4n) is 3.35. The van der Waals surface area contributed by atoms with Gasteiger partial charge in [-0.2, -0.15) is 0 Å². The predicted octanol–water partition coefficient (Wildman–Crippen LogP) is 5.66. The molecule has 0 aromatic carbocycles. The van der Waals surface area contributed by atoms with E-state index in [9.17, 15) is 4.79 Å². The molecule has 1 aliphatic rings. The van der Waals surface area contributed by atoms with Crippen LogP contribution in [0.3, 0.4) is 0 Å². The second kappa shape index (κ2) is 10.0. The minimum Gasteiger partial charge on any atom is -0.462 e. The molecule has 0 spiro atoms. The van der Waals surface area contributed by atoms with E-state index in [-0.39, 0.29) is 11.4 Å². The van der Waals surface area contributed by atoms with E-state index in [4.69, 9.17) is 4.74 Å². The number of hydrogen-bond acceptors (Lipinski definition) is 2. The Morgan fingerprint density at radius 3 is 2.10 bits per heavy atom. The van der Waals surface area contributed by atoms with Gasteiger partial charge in [-0.05, 0) is 25.2 Å². The van der Waals surface area contributed by atoms with Crippen LogP contribution in [0, 0.1) is 11.3 Å². The molecule has 0 N–H and O–H groups in total. The smallest absolute Gasteiger partial charge is 0.330 e. The standard InChI is InChI=1S/C19H34O2/c1-4-18(20)21-16-19(15-12-17(2)3)13-10-8-6-5-7-9-11-14-19/h4,17H,1,5-16H2,2-3H3. The van der Waals surface area contributed by atoms with Crippen molar-refractivity contribution in [1.82, 2.24) is 0 Å². The second-order valence-electron chi connectivity index (χ2n) is 7.22. The minimum absolute atomic E-state index is 0.209. The van der Waals surface area contributed by atoms with E-state index in [0.717, 1.165) is 0 Å². The summed E-state index contributed by atoms with van der Waals surface area (Å²) in [5, 5.41) is 0. The maximum Gasteiger partial charge on any atom is 0.330 e. The normalized spacial score (nSPS) is 20.0. The summed E-state index contributed by atoms with van der Waals surface area (Å²) in [6.07, 6.45) is 15.5. The van der Waals surface area contributed by atoms with Crippen LogP contribution in [-0.4, -0.2) is 12.6 Å². The summed E-state index contributed by atoms with van der Waals surface area (Å²) < 4.78 is 5.48. The van der Waals surface area contributed by atoms with Crippen molar-refractivity contribution in [3.63, 3.8) is 0 Å². The summed E-state index contributed by atoms with van der Waals surface area (Å²) in [5.41, 5.74) is 0.209. The maximum atomic E-state index is 11.5. The lowest BCUT2D eigenvalue weighted by Crippen LogP contribution is -2.29. The van der Waals surface area contributed by atoms with Crippen molar-refractivity contribution in [3.05, 3.63) is 12.7 Å². The number of carbonyl (C=O) groups excluding carboxylic acids is 1. The van der Waals surface area contributed by atoms with Gasteiger partial charge in [0, 0.05) is 11.5 Å². The van der Waals surface area contributed by atoms with Gasteiger partial charge in [0.1, 0.15) is 0 Å². The number of esters is 1. The molecule has 0 aromatic rings. The van der Waals surface area contributed by atoms with Crippen LogP contribution in [-0.2, 0) is 9.53 Å². The van der Waals surface area contributed by atoms with Gasteiger partial charge in [-0.15, -0.1) is 0 Å². The zero-order chi connectivity index (χ0) is 15.6. The lowest BCUT2D eigenvalue weighted by atomic mass is 9.73. The molecule has 0 aromatic heterocycles. The van der Waals surface area contributed by atoms with Crippen molar-refractivity contribution in [2.45, 2.75) is 84.5 Å². The Morgan fingerprint density at radius 1 is 1.10 bits per heavy atom. The maximum absolute atomic E-state index is 11.5. The van der Waals surface area contributed by atoms with Crippen LogP contribution < -0.4 is 0 Å². The largest absolute Gasteiger partial charge is 0.462 e. The lowest BCUT2D eigenvalue weighted by Gasteiger charge is -2.35. The second-order valence-corrected chi connectivity index (χ2v) is 7.22. The van der Waals surface area contributed by atoms with Gasteiger partial charge < -0.3 is 4.74 Å². The highest BCUT2D eigenvalue weighted by Gasteiger charge is 2.31. The third-order valence-electron chi connectivity index (χ3n) is 4.85. The Balaban J connectivity index is 2.68. The van der Waals surface area contributed by atoms with Crippen molar-refractivity contribution in [3.8, 4) is 0 Å². The van der Waals surface area contributed by atoms with E-state index in [1.165, 1.54) is 76.7 Å².